The monoisotopic (exact) mass is 328 g/mol. The van der Waals surface area contributed by atoms with Gasteiger partial charge in [0.05, 0.1) is 11.1 Å². The van der Waals surface area contributed by atoms with Crippen molar-refractivity contribution in [2.75, 3.05) is 13.9 Å². The van der Waals surface area contributed by atoms with Crippen LogP contribution >= 0.6 is 0 Å². The minimum atomic E-state index is -1.07. The maximum Gasteiger partial charge on any atom is 0.335 e. The van der Waals surface area contributed by atoms with Crippen molar-refractivity contribution in [1.29, 1.82) is 0 Å². The summed E-state index contributed by atoms with van der Waals surface area (Å²) >= 11 is 0. The number of carbonyl (C=O) groups is 3. The Morgan fingerprint density at radius 2 is 1.54 bits per heavy atom. The number of Topliss-reactive ketones (excluding diaryl/α,β-unsaturated/α-hetero) is 1. The molecule has 0 aliphatic heterocycles. The number of rotatable bonds is 7. The van der Waals surface area contributed by atoms with E-state index < -0.39 is 5.97 Å². The fourth-order valence-electron chi connectivity index (χ4n) is 2.09. The SMILES string of the molecule is COCOc1ccc(C(C)=O)cc1C(=O)c1ccc(C(=O)O)cc1. The van der Waals surface area contributed by atoms with Gasteiger partial charge in [0.2, 0.25) is 0 Å². The number of ether oxygens (including phenoxy) is 2. The zero-order valence-corrected chi connectivity index (χ0v) is 13.2. The van der Waals surface area contributed by atoms with Crippen LogP contribution in [0, 0.1) is 0 Å². The van der Waals surface area contributed by atoms with Gasteiger partial charge in [-0.2, -0.15) is 0 Å². The Balaban J connectivity index is 2.43. The molecule has 24 heavy (non-hydrogen) atoms. The predicted octanol–water partition coefficient (Wildman–Crippen LogP) is 2.80. The quantitative estimate of drug-likeness (QED) is 0.621. The summed E-state index contributed by atoms with van der Waals surface area (Å²) in [6, 6.07) is 10.1. The molecule has 0 amide bonds. The van der Waals surface area contributed by atoms with Crippen LogP contribution in [0.5, 0.6) is 5.75 Å². The zero-order valence-electron chi connectivity index (χ0n) is 13.2. The summed E-state index contributed by atoms with van der Waals surface area (Å²) in [5, 5.41) is 8.91. The molecule has 6 heteroatoms. The average molecular weight is 328 g/mol. The molecule has 124 valence electrons. The Morgan fingerprint density at radius 1 is 0.958 bits per heavy atom. The lowest BCUT2D eigenvalue weighted by molar-refractivity contribution is 0.0503. The van der Waals surface area contributed by atoms with Crippen LogP contribution in [-0.2, 0) is 4.74 Å². The third-order valence-electron chi connectivity index (χ3n) is 3.36. The van der Waals surface area contributed by atoms with Crippen LogP contribution in [0.1, 0.15) is 43.6 Å². The molecule has 6 nitrogen and oxygen atoms in total. The summed E-state index contributed by atoms with van der Waals surface area (Å²) in [6.07, 6.45) is 0. The van der Waals surface area contributed by atoms with Gasteiger partial charge in [0.1, 0.15) is 5.75 Å². The van der Waals surface area contributed by atoms with Crippen LogP contribution in [-0.4, -0.2) is 36.5 Å². The molecule has 0 spiro atoms. The van der Waals surface area contributed by atoms with E-state index in [1.165, 1.54) is 50.4 Å². The molecular weight excluding hydrogens is 312 g/mol. The average Bonchev–Trinajstić information content (AvgIpc) is 2.59. The maximum absolute atomic E-state index is 12.7. The molecule has 0 aromatic heterocycles. The Labute approximate surface area is 138 Å². The van der Waals surface area contributed by atoms with E-state index >= 15 is 0 Å². The van der Waals surface area contributed by atoms with Crippen molar-refractivity contribution in [2.45, 2.75) is 6.92 Å². The van der Waals surface area contributed by atoms with Gasteiger partial charge in [-0.15, -0.1) is 0 Å². The first-order valence-electron chi connectivity index (χ1n) is 7.09. The maximum atomic E-state index is 12.7. The Kier molecular flexibility index (Phi) is 5.44. The van der Waals surface area contributed by atoms with Crippen LogP contribution < -0.4 is 4.74 Å². The molecule has 0 aliphatic carbocycles. The smallest absolute Gasteiger partial charge is 0.335 e. The molecule has 2 aromatic carbocycles. The Bertz CT molecular complexity index is 777. The zero-order chi connectivity index (χ0) is 17.7. The number of methoxy groups -OCH3 is 1. The first-order chi connectivity index (χ1) is 11.4. The first-order valence-corrected chi connectivity index (χ1v) is 7.09. The van der Waals surface area contributed by atoms with Crippen molar-refractivity contribution in [3.63, 3.8) is 0 Å². The highest BCUT2D eigenvalue weighted by molar-refractivity contribution is 6.12. The van der Waals surface area contributed by atoms with Gasteiger partial charge in [0.15, 0.2) is 18.4 Å². The number of hydrogen-bond donors (Lipinski definition) is 1. The summed E-state index contributed by atoms with van der Waals surface area (Å²) in [4.78, 5) is 35.2. The minimum Gasteiger partial charge on any atom is -0.478 e. The second-order valence-corrected chi connectivity index (χ2v) is 5.03. The molecule has 0 aliphatic rings. The van der Waals surface area contributed by atoms with E-state index in [0.717, 1.165) is 0 Å². The number of ketones is 2. The second kappa shape index (κ2) is 7.52. The van der Waals surface area contributed by atoms with Gasteiger partial charge in [-0.25, -0.2) is 4.79 Å². The number of carbonyl (C=O) groups excluding carboxylic acids is 2. The Morgan fingerprint density at radius 3 is 2.08 bits per heavy atom. The molecular formula is C18H16O6. The second-order valence-electron chi connectivity index (χ2n) is 5.03. The van der Waals surface area contributed by atoms with Crippen LogP contribution in [0.15, 0.2) is 42.5 Å². The molecule has 0 bridgehead atoms. The normalized spacial score (nSPS) is 10.2. The molecule has 1 N–H and O–H groups in total. The third-order valence-corrected chi connectivity index (χ3v) is 3.36. The summed E-state index contributed by atoms with van der Waals surface area (Å²) in [5.74, 6) is -1.34. The van der Waals surface area contributed by atoms with Crippen molar-refractivity contribution >= 4 is 17.5 Å². The van der Waals surface area contributed by atoms with Crippen molar-refractivity contribution in [1.82, 2.24) is 0 Å². The minimum absolute atomic E-state index is 0.0440. The lowest BCUT2D eigenvalue weighted by Gasteiger charge is -2.11. The van der Waals surface area contributed by atoms with Gasteiger partial charge in [-0.05, 0) is 37.3 Å². The van der Waals surface area contributed by atoms with Crippen molar-refractivity contribution in [2.24, 2.45) is 0 Å². The van der Waals surface area contributed by atoms with Crippen LogP contribution in [0.2, 0.25) is 0 Å². The first kappa shape index (κ1) is 17.4. The largest absolute Gasteiger partial charge is 0.478 e. The molecule has 0 radical (unpaired) electrons. The van der Waals surface area contributed by atoms with E-state index in [2.05, 4.69) is 0 Å². The summed E-state index contributed by atoms with van der Waals surface area (Å²) in [6.45, 7) is 1.36. The van der Waals surface area contributed by atoms with Crippen LogP contribution in [0.3, 0.4) is 0 Å². The highest BCUT2D eigenvalue weighted by Crippen LogP contribution is 2.24. The standard InChI is InChI=1S/C18H16O6/c1-11(19)14-7-8-16(24-10-23-2)15(9-14)17(20)12-3-5-13(6-4-12)18(21)22/h3-9H,10H2,1-2H3,(H,21,22). The number of carboxylic acids is 1. The lowest BCUT2D eigenvalue weighted by Crippen LogP contribution is -2.09. The van der Waals surface area contributed by atoms with Gasteiger partial charge in [-0.1, -0.05) is 12.1 Å². The molecule has 0 saturated heterocycles. The number of aromatic carboxylic acids is 1. The topological polar surface area (TPSA) is 89.9 Å². The summed E-state index contributed by atoms with van der Waals surface area (Å²) < 4.78 is 10.2. The van der Waals surface area contributed by atoms with E-state index in [1.807, 2.05) is 0 Å². The number of hydrogen-bond acceptors (Lipinski definition) is 5. The summed E-state index contributed by atoms with van der Waals surface area (Å²) in [7, 11) is 1.45. The molecule has 0 saturated carbocycles. The predicted molar refractivity (Wildman–Crippen MR) is 85.8 cm³/mol. The molecule has 0 atom stereocenters. The van der Waals surface area contributed by atoms with E-state index in [-0.39, 0.29) is 35.2 Å². The van der Waals surface area contributed by atoms with Gasteiger partial charge >= 0.3 is 5.97 Å². The van der Waals surface area contributed by atoms with Crippen molar-refractivity contribution in [3.8, 4) is 5.75 Å². The fourth-order valence-corrected chi connectivity index (χ4v) is 2.09. The molecule has 0 fully saturated rings. The van der Waals surface area contributed by atoms with Gasteiger partial charge in [0, 0.05) is 18.2 Å². The molecule has 0 unspecified atom stereocenters. The lowest BCUT2D eigenvalue weighted by atomic mass is 9.98. The summed E-state index contributed by atoms with van der Waals surface area (Å²) in [5.41, 5.74) is 0.968. The highest BCUT2D eigenvalue weighted by atomic mass is 16.7. The van der Waals surface area contributed by atoms with Crippen molar-refractivity contribution < 1.29 is 29.0 Å². The third kappa shape index (κ3) is 3.85. The molecule has 2 rings (SSSR count). The van der Waals surface area contributed by atoms with E-state index in [0.29, 0.717) is 11.1 Å². The molecule has 0 heterocycles. The fraction of sp³-hybridized carbons (Fsp3) is 0.167. The van der Waals surface area contributed by atoms with E-state index in [1.54, 1.807) is 6.07 Å². The van der Waals surface area contributed by atoms with E-state index in [4.69, 9.17) is 14.6 Å². The van der Waals surface area contributed by atoms with Gasteiger partial charge in [-0.3, -0.25) is 9.59 Å². The van der Waals surface area contributed by atoms with Crippen LogP contribution in [0.25, 0.3) is 0 Å². The number of benzene rings is 2. The molecule has 2 aromatic rings. The Hall–Kier alpha value is -2.99. The van der Waals surface area contributed by atoms with Crippen LogP contribution in [0.4, 0.5) is 0 Å². The van der Waals surface area contributed by atoms with E-state index in [9.17, 15) is 14.4 Å². The number of carboxylic acid groups (broad SMARTS) is 1. The van der Waals surface area contributed by atoms with Crippen molar-refractivity contribution in [3.05, 3.63) is 64.7 Å². The highest BCUT2D eigenvalue weighted by Gasteiger charge is 2.17. The van der Waals surface area contributed by atoms with Gasteiger partial charge < -0.3 is 14.6 Å². The van der Waals surface area contributed by atoms with Gasteiger partial charge in [0.25, 0.3) is 0 Å².